The smallest absolute Gasteiger partial charge is 0.169 e. The minimum absolute atomic E-state index is 0.635. The maximum Gasteiger partial charge on any atom is 0.169 e. The third-order valence-corrected chi connectivity index (χ3v) is 3.35. The highest BCUT2D eigenvalue weighted by Crippen LogP contribution is 2.26. The number of hydrogen-bond acceptors (Lipinski definition) is 4. The van der Waals surface area contributed by atoms with Gasteiger partial charge in [0.15, 0.2) is 6.21 Å². The number of nitrogen functional groups attached to an aromatic ring is 1. The maximum atomic E-state index is 5.81. The van der Waals surface area contributed by atoms with Crippen LogP contribution in [0.1, 0.15) is 5.56 Å². The molecule has 0 aliphatic heterocycles. The first-order chi connectivity index (χ1) is 9.67. The van der Waals surface area contributed by atoms with E-state index in [4.69, 9.17) is 11.1 Å². The number of fused-ring (bicyclic) bond motifs is 1. The Bertz CT molecular complexity index is 795. The highest BCUT2D eigenvalue weighted by molar-refractivity contribution is 9.10. The molecule has 7 heteroatoms. The van der Waals surface area contributed by atoms with Crippen LogP contribution in [0.2, 0.25) is 0 Å². The summed E-state index contributed by atoms with van der Waals surface area (Å²) in [6.45, 7) is 0. The molecule has 2 heterocycles. The van der Waals surface area contributed by atoms with Gasteiger partial charge in [-0.1, -0.05) is 0 Å². The molecule has 0 bridgehead atoms. The summed E-state index contributed by atoms with van der Waals surface area (Å²) >= 11 is 3.39. The Morgan fingerprint density at radius 3 is 2.95 bits per heavy atom. The third kappa shape index (κ3) is 2.23. The Kier molecular flexibility index (Phi) is 3.11. The molecule has 0 aliphatic carbocycles. The fourth-order valence-corrected chi connectivity index (χ4v) is 2.36. The molecule has 6 N–H and O–H groups in total. The zero-order chi connectivity index (χ0) is 14.1. The van der Waals surface area contributed by atoms with E-state index >= 15 is 0 Å². The zero-order valence-corrected chi connectivity index (χ0v) is 12.0. The van der Waals surface area contributed by atoms with Crippen molar-refractivity contribution in [2.45, 2.75) is 0 Å². The number of hydrogen-bond donors (Lipinski definition) is 4. The van der Waals surface area contributed by atoms with Crippen molar-refractivity contribution in [1.29, 1.82) is 0 Å². The van der Waals surface area contributed by atoms with Crippen LogP contribution in [-0.2, 0) is 0 Å². The van der Waals surface area contributed by atoms with E-state index < -0.39 is 0 Å². The summed E-state index contributed by atoms with van der Waals surface area (Å²) in [5.41, 5.74) is 8.83. The Hall–Kier alpha value is -2.41. The van der Waals surface area contributed by atoms with Crippen molar-refractivity contribution in [2.75, 3.05) is 11.1 Å². The minimum Gasteiger partial charge on any atom is -0.398 e. The second kappa shape index (κ2) is 4.93. The van der Waals surface area contributed by atoms with E-state index in [1.54, 1.807) is 6.07 Å². The van der Waals surface area contributed by atoms with Crippen LogP contribution in [0.3, 0.4) is 0 Å². The molecule has 1 aromatic carbocycles. The molecule has 100 valence electrons. The number of anilines is 3. The summed E-state index contributed by atoms with van der Waals surface area (Å²) in [4.78, 5) is 11.5. The number of nitrogens with one attached hydrogen (secondary N) is 2. The Labute approximate surface area is 123 Å². The van der Waals surface area contributed by atoms with Gasteiger partial charge in [0.1, 0.15) is 17.8 Å². The van der Waals surface area contributed by atoms with Gasteiger partial charge in [0.2, 0.25) is 0 Å². The standard InChI is InChI=1S/C13H11BrN6/c14-11-4-9-12(17-6-18-13(9)20-11)19-8-1-2-10(16)7(3-8)5-15/h1-6,15H,16H2,(H2,17,18,19,20)/p+1. The number of aromatic amines is 1. The van der Waals surface area contributed by atoms with Gasteiger partial charge in [-0.25, -0.2) is 9.97 Å². The van der Waals surface area contributed by atoms with Crippen molar-refractivity contribution < 1.29 is 5.41 Å². The van der Waals surface area contributed by atoms with Crippen molar-refractivity contribution in [1.82, 2.24) is 15.0 Å². The fraction of sp³-hybridized carbons (Fsp3) is 0. The molecule has 3 rings (SSSR count). The molecule has 0 unspecified atom stereocenters. The first-order valence-electron chi connectivity index (χ1n) is 5.88. The molecule has 20 heavy (non-hydrogen) atoms. The first kappa shape index (κ1) is 12.6. The summed E-state index contributed by atoms with van der Waals surface area (Å²) in [5, 5.41) is 9.67. The molecular formula is C13H12BrN6+. The zero-order valence-electron chi connectivity index (χ0n) is 10.4. The van der Waals surface area contributed by atoms with E-state index in [0.717, 1.165) is 26.9 Å². The van der Waals surface area contributed by atoms with Crippen LogP contribution < -0.4 is 16.5 Å². The van der Waals surface area contributed by atoms with E-state index in [2.05, 4.69) is 36.2 Å². The van der Waals surface area contributed by atoms with Gasteiger partial charge in [-0.05, 0) is 40.2 Å². The van der Waals surface area contributed by atoms with Crippen LogP contribution in [0.5, 0.6) is 0 Å². The monoisotopic (exact) mass is 331 g/mol. The predicted molar refractivity (Wildman–Crippen MR) is 82.8 cm³/mol. The van der Waals surface area contributed by atoms with Gasteiger partial charge >= 0.3 is 0 Å². The number of aromatic nitrogens is 3. The summed E-state index contributed by atoms with van der Waals surface area (Å²) in [5.74, 6) is 0.713. The second-order valence-corrected chi connectivity index (χ2v) is 5.09. The lowest BCUT2D eigenvalue weighted by atomic mass is 10.1. The van der Waals surface area contributed by atoms with E-state index in [1.807, 2.05) is 18.2 Å². The van der Waals surface area contributed by atoms with Gasteiger partial charge < -0.3 is 16.0 Å². The fourth-order valence-electron chi connectivity index (χ4n) is 1.94. The van der Waals surface area contributed by atoms with Crippen LogP contribution in [0.25, 0.3) is 11.0 Å². The van der Waals surface area contributed by atoms with Crippen molar-refractivity contribution >= 4 is 50.4 Å². The normalized spacial score (nSPS) is 10.7. The van der Waals surface area contributed by atoms with Crippen LogP contribution >= 0.6 is 15.9 Å². The number of H-pyrrole nitrogens is 1. The number of nitrogens with zero attached hydrogens (tertiary/aromatic N) is 2. The van der Waals surface area contributed by atoms with Gasteiger partial charge in [0, 0.05) is 11.4 Å². The average molecular weight is 332 g/mol. The molecule has 0 saturated carbocycles. The predicted octanol–water partition coefficient (Wildman–Crippen LogP) is 1.22. The Balaban J connectivity index is 2.02. The molecule has 0 aliphatic rings. The molecule has 0 radical (unpaired) electrons. The number of nitrogens with two attached hydrogens (primary N) is 2. The SMILES string of the molecule is Nc1ccc(Nc2ncnc3[nH]c(Br)cc23)cc1C=[NH2+]. The second-order valence-electron chi connectivity index (χ2n) is 4.24. The molecule has 0 atom stereocenters. The van der Waals surface area contributed by atoms with E-state index in [9.17, 15) is 0 Å². The summed E-state index contributed by atoms with van der Waals surface area (Å²) in [7, 11) is 0. The van der Waals surface area contributed by atoms with Gasteiger partial charge in [0.25, 0.3) is 0 Å². The van der Waals surface area contributed by atoms with E-state index in [0.29, 0.717) is 11.5 Å². The molecule has 2 aromatic heterocycles. The van der Waals surface area contributed by atoms with Crippen molar-refractivity contribution in [3.63, 3.8) is 0 Å². The third-order valence-electron chi connectivity index (χ3n) is 2.92. The topological polar surface area (TPSA) is 105 Å². The van der Waals surface area contributed by atoms with E-state index in [-0.39, 0.29) is 0 Å². The van der Waals surface area contributed by atoms with Gasteiger partial charge in [-0.3, -0.25) is 5.41 Å². The molecule has 0 fully saturated rings. The number of benzene rings is 1. The number of rotatable bonds is 3. The lowest BCUT2D eigenvalue weighted by molar-refractivity contribution is -0.104. The molecule has 6 nitrogen and oxygen atoms in total. The summed E-state index contributed by atoms with van der Waals surface area (Å²) in [6.07, 6.45) is 2.98. The Morgan fingerprint density at radius 2 is 2.15 bits per heavy atom. The first-order valence-corrected chi connectivity index (χ1v) is 6.67. The summed E-state index contributed by atoms with van der Waals surface area (Å²) < 4.78 is 0.851. The lowest BCUT2D eigenvalue weighted by Gasteiger charge is -2.07. The van der Waals surface area contributed by atoms with Crippen LogP contribution in [-0.4, -0.2) is 21.2 Å². The molecule has 0 saturated heterocycles. The molecule has 0 amide bonds. The molecular weight excluding hydrogens is 320 g/mol. The van der Waals surface area contributed by atoms with Crippen molar-refractivity contribution in [3.8, 4) is 0 Å². The van der Waals surface area contributed by atoms with Gasteiger partial charge in [-0.15, -0.1) is 0 Å². The molecule has 0 spiro atoms. The largest absolute Gasteiger partial charge is 0.398 e. The van der Waals surface area contributed by atoms with Crippen molar-refractivity contribution in [3.05, 3.63) is 40.8 Å². The lowest BCUT2D eigenvalue weighted by Crippen LogP contribution is -2.30. The highest BCUT2D eigenvalue weighted by Gasteiger charge is 2.08. The van der Waals surface area contributed by atoms with Gasteiger partial charge in [0.05, 0.1) is 15.6 Å². The molecule has 3 aromatic rings. The summed E-state index contributed by atoms with van der Waals surface area (Å²) in [6, 6.07) is 7.46. The van der Waals surface area contributed by atoms with Crippen LogP contribution in [0.4, 0.5) is 17.2 Å². The van der Waals surface area contributed by atoms with Crippen LogP contribution in [0, 0.1) is 0 Å². The van der Waals surface area contributed by atoms with Crippen molar-refractivity contribution in [2.24, 2.45) is 0 Å². The van der Waals surface area contributed by atoms with Crippen LogP contribution in [0.15, 0.2) is 35.2 Å². The minimum atomic E-state index is 0.635. The Morgan fingerprint density at radius 1 is 1.30 bits per heavy atom. The van der Waals surface area contributed by atoms with E-state index in [1.165, 1.54) is 12.5 Å². The van der Waals surface area contributed by atoms with Gasteiger partial charge in [-0.2, -0.15) is 0 Å². The number of halogens is 1. The average Bonchev–Trinajstić information content (AvgIpc) is 2.82. The highest BCUT2D eigenvalue weighted by atomic mass is 79.9. The maximum absolute atomic E-state index is 5.81. The quantitative estimate of drug-likeness (QED) is 0.427.